The van der Waals surface area contributed by atoms with Crippen LogP contribution in [-0.4, -0.2) is 28.9 Å². The number of hydrogen-bond donors (Lipinski definition) is 0. The summed E-state index contributed by atoms with van der Waals surface area (Å²) in [7, 11) is 0. The van der Waals surface area contributed by atoms with Crippen LogP contribution in [0.4, 0.5) is 0 Å². The first-order valence-electron chi connectivity index (χ1n) is 5.92. The van der Waals surface area contributed by atoms with E-state index in [9.17, 15) is 4.79 Å². The molecule has 3 heteroatoms. The van der Waals surface area contributed by atoms with Crippen molar-refractivity contribution in [1.29, 1.82) is 0 Å². The summed E-state index contributed by atoms with van der Waals surface area (Å²) in [5.41, 5.74) is 1.45. The van der Waals surface area contributed by atoms with Crippen LogP contribution in [0, 0.1) is 6.92 Å². The quantitative estimate of drug-likeness (QED) is 0.764. The molecule has 0 aliphatic heterocycles. The zero-order valence-corrected chi connectivity index (χ0v) is 10.4. The second-order valence-corrected chi connectivity index (χ2v) is 3.96. The van der Waals surface area contributed by atoms with Crippen LogP contribution in [0.5, 0.6) is 0 Å². The minimum Gasteiger partial charge on any atom is -0.337 e. The summed E-state index contributed by atoms with van der Waals surface area (Å²) in [5, 5.41) is 0. The average molecular weight is 220 g/mol. The van der Waals surface area contributed by atoms with E-state index >= 15 is 0 Å². The van der Waals surface area contributed by atoms with Gasteiger partial charge in [0, 0.05) is 18.8 Å². The number of nitrogens with zero attached hydrogens (tertiary/aromatic N) is 2. The van der Waals surface area contributed by atoms with Crippen molar-refractivity contribution in [3.63, 3.8) is 0 Å². The number of aryl methyl sites for hydroxylation is 1. The lowest BCUT2D eigenvalue weighted by Gasteiger charge is -2.20. The SMILES string of the molecule is CCCN(CCC)C(=O)c1cccc(C)n1. The highest BCUT2D eigenvalue weighted by Gasteiger charge is 2.14. The third-order valence-electron chi connectivity index (χ3n) is 2.38. The minimum absolute atomic E-state index is 0.0485. The van der Waals surface area contributed by atoms with Crippen LogP contribution in [-0.2, 0) is 0 Å². The van der Waals surface area contributed by atoms with Crippen molar-refractivity contribution >= 4 is 5.91 Å². The van der Waals surface area contributed by atoms with Crippen molar-refractivity contribution in [3.05, 3.63) is 29.6 Å². The zero-order valence-electron chi connectivity index (χ0n) is 10.4. The van der Waals surface area contributed by atoms with Gasteiger partial charge in [-0.15, -0.1) is 0 Å². The van der Waals surface area contributed by atoms with Crippen LogP contribution in [0.2, 0.25) is 0 Å². The van der Waals surface area contributed by atoms with Gasteiger partial charge < -0.3 is 4.90 Å². The number of rotatable bonds is 5. The van der Waals surface area contributed by atoms with E-state index < -0.39 is 0 Å². The Hall–Kier alpha value is -1.38. The molecule has 0 saturated heterocycles. The molecule has 1 aromatic rings. The fourth-order valence-electron chi connectivity index (χ4n) is 1.68. The topological polar surface area (TPSA) is 33.2 Å². The molecule has 1 aromatic heterocycles. The molecule has 3 nitrogen and oxygen atoms in total. The summed E-state index contributed by atoms with van der Waals surface area (Å²) < 4.78 is 0. The van der Waals surface area contributed by atoms with Crippen molar-refractivity contribution in [2.45, 2.75) is 33.6 Å². The molecule has 1 heterocycles. The Morgan fingerprint density at radius 3 is 2.38 bits per heavy atom. The van der Waals surface area contributed by atoms with Gasteiger partial charge in [-0.3, -0.25) is 4.79 Å². The van der Waals surface area contributed by atoms with E-state index in [1.807, 2.05) is 24.0 Å². The molecule has 0 atom stereocenters. The van der Waals surface area contributed by atoms with Crippen molar-refractivity contribution in [2.24, 2.45) is 0 Å². The first-order valence-corrected chi connectivity index (χ1v) is 5.92. The lowest BCUT2D eigenvalue weighted by Crippen LogP contribution is -2.33. The number of carbonyl (C=O) groups is 1. The predicted molar refractivity (Wildman–Crippen MR) is 65.5 cm³/mol. The number of aromatic nitrogens is 1. The lowest BCUT2D eigenvalue weighted by molar-refractivity contribution is 0.0749. The molecule has 0 saturated carbocycles. The Bertz CT molecular complexity index is 344. The van der Waals surface area contributed by atoms with Crippen LogP contribution in [0.15, 0.2) is 18.2 Å². The van der Waals surface area contributed by atoms with E-state index in [1.165, 1.54) is 0 Å². The van der Waals surface area contributed by atoms with Gasteiger partial charge in [-0.2, -0.15) is 0 Å². The number of hydrogen-bond acceptors (Lipinski definition) is 2. The van der Waals surface area contributed by atoms with Gasteiger partial charge in [0.15, 0.2) is 0 Å². The number of carbonyl (C=O) groups excluding carboxylic acids is 1. The van der Waals surface area contributed by atoms with E-state index in [-0.39, 0.29) is 5.91 Å². The van der Waals surface area contributed by atoms with Crippen molar-refractivity contribution < 1.29 is 4.79 Å². The maximum absolute atomic E-state index is 12.1. The van der Waals surface area contributed by atoms with Crippen LogP contribution in [0.25, 0.3) is 0 Å². The van der Waals surface area contributed by atoms with Gasteiger partial charge in [-0.1, -0.05) is 19.9 Å². The normalized spacial score (nSPS) is 10.2. The molecule has 0 radical (unpaired) electrons. The summed E-state index contributed by atoms with van der Waals surface area (Å²) in [6.07, 6.45) is 1.97. The molecule has 0 fully saturated rings. The number of pyridine rings is 1. The molecule has 1 rings (SSSR count). The monoisotopic (exact) mass is 220 g/mol. The summed E-state index contributed by atoms with van der Waals surface area (Å²) in [6.45, 7) is 7.69. The van der Waals surface area contributed by atoms with Gasteiger partial charge in [0.2, 0.25) is 0 Å². The molecule has 88 valence electrons. The smallest absolute Gasteiger partial charge is 0.272 e. The first kappa shape index (κ1) is 12.7. The van der Waals surface area contributed by atoms with E-state index in [0.717, 1.165) is 31.6 Å². The van der Waals surface area contributed by atoms with Gasteiger partial charge in [0.1, 0.15) is 5.69 Å². The second kappa shape index (κ2) is 6.26. The zero-order chi connectivity index (χ0) is 12.0. The molecular formula is C13H20N2O. The molecule has 16 heavy (non-hydrogen) atoms. The number of amides is 1. The van der Waals surface area contributed by atoms with Crippen LogP contribution in [0.3, 0.4) is 0 Å². The Kier molecular flexibility index (Phi) is 4.96. The molecule has 0 aliphatic rings. The molecule has 0 unspecified atom stereocenters. The maximum atomic E-state index is 12.1. The molecule has 0 bridgehead atoms. The average Bonchev–Trinajstić information content (AvgIpc) is 2.28. The van der Waals surface area contributed by atoms with Gasteiger partial charge >= 0.3 is 0 Å². The summed E-state index contributed by atoms with van der Waals surface area (Å²) in [4.78, 5) is 18.3. The van der Waals surface area contributed by atoms with Crippen molar-refractivity contribution in [2.75, 3.05) is 13.1 Å². The highest BCUT2D eigenvalue weighted by atomic mass is 16.2. The van der Waals surface area contributed by atoms with Gasteiger partial charge in [0.05, 0.1) is 0 Å². The molecule has 0 N–H and O–H groups in total. The summed E-state index contributed by atoms with van der Waals surface area (Å²) >= 11 is 0. The fourth-order valence-corrected chi connectivity index (χ4v) is 1.68. The predicted octanol–water partition coefficient (Wildman–Crippen LogP) is 2.65. The summed E-state index contributed by atoms with van der Waals surface area (Å²) in [6, 6.07) is 5.57. The Morgan fingerprint density at radius 1 is 1.25 bits per heavy atom. The maximum Gasteiger partial charge on any atom is 0.272 e. The van der Waals surface area contributed by atoms with Crippen molar-refractivity contribution in [1.82, 2.24) is 9.88 Å². The van der Waals surface area contributed by atoms with Crippen LogP contribution >= 0.6 is 0 Å². The molecule has 0 aliphatic carbocycles. The van der Waals surface area contributed by atoms with E-state index in [2.05, 4.69) is 18.8 Å². The highest BCUT2D eigenvalue weighted by Crippen LogP contribution is 2.05. The Labute approximate surface area is 97.5 Å². The molecular weight excluding hydrogens is 200 g/mol. The molecule has 0 spiro atoms. The third-order valence-corrected chi connectivity index (χ3v) is 2.38. The fraction of sp³-hybridized carbons (Fsp3) is 0.538. The third kappa shape index (κ3) is 3.33. The van der Waals surface area contributed by atoms with Crippen molar-refractivity contribution in [3.8, 4) is 0 Å². The van der Waals surface area contributed by atoms with Gasteiger partial charge in [-0.25, -0.2) is 4.98 Å². The van der Waals surface area contributed by atoms with Gasteiger partial charge in [0.25, 0.3) is 5.91 Å². The van der Waals surface area contributed by atoms with E-state index in [1.54, 1.807) is 6.07 Å². The van der Waals surface area contributed by atoms with Gasteiger partial charge in [-0.05, 0) is 31.9 Å². The largest absolute Gasteiger partial charge is 0.337 e. The van der Waals surface area contributed by atoms with Crippen LogP contribution in [0.1, 0.15) is 42.9 Å². The van der Waals surface area contributed by atoms with E-state index in [4.69, 9.17) is 0 Å². The lowest BCUT2D eigenvalue weighted by atomic mass is 10.2. The minimum atomic E-state index is 0.0485. The Morgan fingerprint density at radius 2 is 1.88 bits per heavy atom. The first-order chi connectivity index (χ1) is 7.69. The highest BCUT2D eigenvalue weighted by molar-refractivity contribution is 5.92. The Balaban J connectivity index is 2.81. The van der Waals surface area contributed by atoms with Crippen LogP contribution < -0.4 is 0 Å². The standard InChI is InChI=1S/C13H20N2O/c1-4-9-15(10-5-2)13(16)12-8-6-7-11(3)14-12/h6-8H,4-5,9-10H2,1-3H3. The second-order valence-electron chi connectivity index (χ2n) is 3.96. The molecule has 0 aromatic carbocycles. The van der Waals surface area contributed by atoms with E-state index in [0.29, 0.717) is 5.69 Å². The molecule has 1 amide bonds. The summed E-state index contributed by atoms with van der Waals surface area (Å²) in [5.74, 6) is 0.0485.